The second-order valence-corrected chi connectivity index (χ2v) is 15.5. The molecule has 7 unspecified atom stereocenters. The van der Waals surface area contributed by atoms with Crippen molar-refractivity contribution in [2.24, 2.45) is 0 Å². The smallest absolute Gasteiger partial charge is 0.220 e. The number of amides is 1. The van der Waals surface area contributed by atoms with Gasteiger partial charge in [0.05, 0.1) is 25.4 Å². The predicted molar refractivity (Wildman–Crippen MR) is 212 cm³/mol. The summed E-state index contributed by atoms with van der Waals surface area (Å²) in [5.41, 5.74) is 0. The largest absolute Gasteiger partial charge is 0.394 e. The maximum absolute atomic E-state index is 12.9. The molecule has 1 fully saturated rings. The fourth-order valence-electron chi connectivity index (χ4n) is 7.04. The number of hydrogen-bond donors (Lipinski definition) is 6. The lowest BCUT2D eigenvalue weighted by Crippen LogP contribution is -2.60. The van der Waals surface area contributed by atoms with E-state index in [9.17, 15) is 30.3 Å². The van der Waals surface area contributed by atoms with Crippen LogP contribution in [0.1, 0.15) is 200 Å². The zero-order chi connectivity index (χ0) is 38.1. The first-order chi connectivity index (χ1) is 25.3. The first-order valence-electron chi connectivity index (χ1n) is 21.9. The summed E-state index contributed by atoms with van der Waals surface area (Å²) < 4.78 is 11.2. The van der Waals surface area contributed by atoms with Gasteiger partial charge in [-0.25, -0.2) is 0 Å². The maximum Gasteiger partial charge on any atom is 0.220 e. The Morgan fingerprint density at radius 1 is 0.635 bits per heavy atom. The molecule has 9 nitrogen and oxygen atoms in total. The summed E-state index contributed by atoms with van der Waals surface area (Å²) in [6.07, 6.45) is 31.1. The monoisotopic (exact) mass is 742 g/mol. The molecule has 0 aromatic rings. The van der Waals surface area contributed by atoms with E-state index in [0.29, 0.717) is 6.42 Å². The van der Waals surface area contributed by atoms with Crippen LogP contribution in [0.25, 0.3) is 0 Å². The Morgan fingerprint density at radius 2 is 1.06 bits per heavy atom. The molecule has 1 aliphatic rings. The van der Waals surface area contributed by atoms with E-state index in [4.69, 9.17) is 9.47 Å². The second-order valence-electron chi connectivity index (χ2n) is 15.5. The standard InChI is InChI=1S/C43H83NO8/c1-3-5-7-9-11-13-15-17-18-19-20-21-23-25-27-29-31-33-39(47)44-36(35-51-43-42(50)41(49)40(48)38(34-45)52-43)37(46)32-30-28-26-24-22-16-14-12-10-8-6-4-2/h30,32,36-38,40-43,45-46,48-50H,3-29,31,33-35H2,1-2H3,(H,44,47). The van der Waals surface area contributed by atoms with Crippen LogP contribution in [0.15, 0.2) is 12.2 Å². The van der Waals surface area contributed by atoms with Crippen LogP contribution in [0.4, 0.5) is 0 Å². The number of aliphatic hydroxyl groups is 5. The highest BCUT2D eigenvalue weighted by Crippen LogP contribution is 2.22. The van der Waals surface area contributed by atoms with Gasteiger partial charge in [-0.3, -0.25) is 4.79 Å². The molecule has 0 aromatic carbocycles. The number of carbonyl (C=O) groups is 1. The molecule has 6 N–H and O–H groups in total. The highest BCUT2D eigenvalue weighted by Gasteiger charge is 2.44. The predicted octanol–water partition coefficient (Wildman–Crippen LogP) is 8.56. The zero-order valence-corrected chi connectivity index (χ0v) is 33.6. The lowest BCUT2D eigenvalue weighted by atomic mass is 9.99. The quantitative estimate of drug-likeness (QED) is 0.0277. The molecule has 1 aliphatic heterocycles. The van der Waals surface area contributed by atoms with Gasteiger partial charge in [0.2, 0.25) is 5.91 Å². The van der Waals surface area contributed by atoms with Crippen LogP contribution in [-0.2, 0) is 14.3 Å². The van der Waals surface area contributed by atoms with E-state index in [1.165, 1.54) is 141 Å². The van der Waals surface area contributed by atoms with Crippen molar-refractivity contribution in [1.29, 1.82) is 0 Å². The number of hydrogen-bond acceptors (Lipinski definition) is 8. The Labute approximate surface area is 318 Å². The molecule has 0 radical (unpaired) electrons. The van der Waals surface area contributed by atoms with Crippen LogP contribution >= 0.6 is 0 Å². The molecule has 0 spiro atoms. The van der Waals surface area contributed by atoms with Crippen LogP contribution < -0.4 is 5.32 Å². The van der Waals surface area contributed by atoms with Gasteiger partial charge in [0.15, 0.2) is 6.29 Å². The lowest BCUT2D eigenvalue weighted by Gasteiger charge is -2.40. The molecular formula is C43H83NO8. The van der Waals surface area contributed by atoms with E-state index < -0.39 is 49.5 Å². The van der Waals surface area contributed by atoms with E-state index in [0.717, 1.165) is 38.5 Å². The van der Waals surface area contributed by atoms with Gasteiger partial charge in [-0.2, -0.15) is 0 Å². The van der Waals surface area contributed by atoms with E-state index in [1.807, 2.05) is 6.08 Å². The van der Waals surface area contributed by atoms with Gasteiger partial charge in [0, 0.05) is 6.42 Å². The van der Waals surface area contributed by atoms with E-state index in [-0.39, 0.29) is 12.5 Å². The number of rotatable bonds is 36. The number of aliphatic hydroxyl groups excluding tert-OH is 5. The van der Waals surface area contributed by atoms with Crippen molar-refractivity contribution in [2.45, 2.75) is 243 Å². The van der Waals surface area contributed by atoms with E-state index >= 15 is 0 Å². The van der Waals surface area contributed by atoms with Gasteiger partial charge >= 0.3 is 0 Å². The summed E-state index contributed by atoms with van der Waals surface area (Å²) >= 11 is 0. The topological polar surface area (TPSA) is 149 Å². The average Bonchev–Trinajstić information content (AvgIpc) is 3.14. The molecular weight excluding hydrogens is 658 g/mol. The maximum atomic E-state index is 12.9. The molecule has 9 heteroatoms. The molecule has 0 bridgehead atoms. The molecule has 308 valence electrons. The fraction of sp³-hybridized carbons (Fsp3) is 0.930. The van der Waals surface area contributed by atoms with Gasteiger partial charge < -0.3 is 40.3 Å². The van der Waals surface area contributed by atoms with Crippen LogP contribution in [-0.4, -0.2) is 87.5 Å². The molecule has 1 amide bonds. The lowest BCUT2D eigenvalue weighted by molar-refractivity contribution is -0.302. The molecule has 0 aromatic heterocycles. The summed E-state index contributed by atoms with van der Waals surface area (Å²) in [6.45, 7) is 3.77. The SMILES string of the molecule is CCCCCCCCCCCCC=CC(O)C(COC1OC(CO)C(O)C(O)C1O)NC(=O)CCCCCCCCCCCCCCCCCCC. The summed E-state index contributed by atoms with van der Waals surface area (Å²) in [4.78, 5) is 12.9. The molecule has 1 heterocycles. The normalized spacial score (nSPS) is 21.9. The molecule has 1 rings (SSSR count). The van der Waals surface area contributed by atoms with Crippen LogP contribution in [0.3, 0.4) is 0 Å². The third kappa shape index (κ3) is 25.1. The molecule has 7 atom stereocenters. The van der Waals surface area contributed by atoms with Crippen molar-refractivity contribution in [1.82, 2.24) is 5.32 Å². The highest BCUT2D eigenvalue weighted by atomic mass is 16.7. The second kappa shape index (κ2) is 34.4. The minimum Gasteiger partial charge on any atom is -0.394 e. The minimum atomic E-state index is -1.56. The number of carbonyl (C=O) groups excluding carboxylic acids is 1. The Bertz CT molecular complexity index is 827. The number of ether oxygens (including phenoxy) is 2. The van der Waals surface area contributed by atoms with Crippen molar-refractivity contribution in [2.75, 3.05) is 13.2 Å². The Hall–Kier alpha value is -1.07. The van der Waals surface area contributed by atoms with Crippen LogP contribution in [0.2, 0.25) is 0 Å². The summed E-state index contributed by atoms with van der Waals surface area (Å²) in [5.74, 6) is -0.175. The van der Waals surface area contributed by atoms with Gasteiger partial charge in [-0.05, 0) is 19.3 Å². The van der Waals surface area contributed by atoms with Crippen LogP contribution in [0.5, 0.6) is 0 Å². The van der Waals surface area contributed by atoms with Crippen molar-refractivity contribution in [3.8, 4) is 0 Å². The third-order valence-corrected chi connectivity index (χ3v) is 10.6. The first-order valence-corrected chi connectivity index (χ1v) is 21.9. The van der Waals surface area contributed by atoms with E-state index in [2.05, 4.69) is 19.2 Å². The molecule has 1 saturated heterocycles. The number of allylic oxidation sites excluding steroid dienone is 1. The fourth-order valence-corrected chi connectivity index (χ4v) is 7.04. The number of unbranched alkanes of at least 4 members (excludes halogenated alkanes) is 26. The molecule has 0 aliphatic carbocycles. The van der Waals surface area contributed by atoms with Gasteiger partial charge in [0.1, 0.15) is 24.4 Å². The average molecular weight is 742 g/mol. The summed E-state index contributed by atoms with van der Waals surface area (Å²) in [6, 6.07) is -0.797. The Morgan fingerprint density at radius 3 is 1.50 bits per heavy atom. The van der Waals surface area contributed by atoms with Gasteiger partial charge in [0.25, 0.3) is 0 Å². The van der Waals surface area contributed by atoms with Crippen molar-refractivity contribution >= 4 is 5.91 Å². The van der Waals surface area contributed by atoms with Crippen LogP contribution in [0, 0.1) is 0 Å². The zero-order valence-electron chi connectivity index (χ0n) is 33.6. The Balaban J connectivity index is 2.36. The van der Waals surface area contributed by atoms with Gasteiger partial charge in [-0.1, -0.05) is 187 Å². The van der Waals surface area contributed by atoms with E-state index in [1.54, 1.807) is 6.08 Å². The van der Waals surface area contributed by atoms with Crippen molar-refractivity contribution < 1.29 is 39.8 Å². The third-order valence-electron chi connectivity index (χ3n) is 10.6. The molecule has 52 heavy (non-hydrogen) atoms. The van der Waals surface area contributed by atoms with Crippen molar-refractivity contribution in [3.63, 3.8) is 0 Å². The minimum absolute atomic E-state index is 0.175. The Kier molecular flexibility index (Phi) is 32.4. The first kappa shape index (κ1) is 48.9. The molecule has 0 saturated carbocycles. The number of nitrogens with one attached hydrogen (secondary N) is 1. The summed E-state index contributed by atoms with van der Waals surface area (Å²) in [5, 5.41) is 54.0. The van der Waals surface area contributed by atoms with Crippen molar-refractivity contribution in [3.05, 3.63) is 12.2 Å². The highest BCUT2D eigenvalue weighted by molar-refractivity contribution is 5.76. The van der Waals surface area contributed by atoms with Gasteiger partial charge in [-0.15, -0.1) is 0 Å². The summed E-state index contributed by atoms with van der Waals surface area (Å²) in [7, 11) is 0.